The Balaban J connectivity index is 1.98. The van der Waals surface area contributed by atoms with Crippen molar-refractivity contribution >= 4 is 11.2 Å². The Hall–Kier alpha value is -2.70. The van der Waals surface area contributed by atoms with Crippen LogP contribution in [0.5, 0.6) is 0 Å². The van der Waals surface area contributed by atoms with E-state index in [-0.39, 0.29) is 17.3 Å². The molecule has 1 aromatic carbocycles. The normalized spacial score (nSPS) is 15.0. The van der Waals surface area contributed by atoms with Gasteiger partial charge in [0.15, 0.2) is 5.65 Å². The van der Waals surface area contributed by atoms with Crippen molar-refractivity contribution in [3.05, 3.63) is 58.5 Å². The van der Waals surface area contributed by atoms with E-state index in [1.54, 1.807) is 22.9 Å². The van der Waals surface area contributed by atoms with Gasteiger partial charge >= 0.3 is 6.18 Å². The van der Waals surface area contributed by atoms with Crippen LogP contribution in [-0.2, 0) is 6.18 Å². The molecule has 0 saturated heterocycles. The Morgan fingerprint density at radius 1 is 1.12 bits per heavy atom. The summed E-state index contributed by atoms with van der Waals surface area (Å²) in [6.07, 6.45) is -1.18. The molecule has 1 aliphatic carbocycles. The van der Waals surface area contributed by atoms with Crippen LogP contribution in [-0.4, -0.2) is 14.5 Å². The van der Waals surface area contributed by atoms with Crippen LogP contribution in [0.15, 0.2) is 47.4 Å². The van der Waals surface area contributed by atoms with Gasteiger partial charge < -0.3 is 0 Å². The van der Waals surface area contributed by atoms with Crippen LogP contribution in [0.3, 0.4) is 0 Å². The zero-order valence-corrected chi connectivity index (χ0v) is 12.4. The summed E-state index contributed by atoms with van der Waals surface area (Å²) in [7, 11) is 0. The molecule has 1 saturated carbocycles. The molecule has 0 aliphatic heterocycles. The topological polar surface area (TPSA) is 47.8 Å². The summed E-state index contributed by atoms with van der Waals surface area (Å²) in [4.78, 5) is 21.3. The van der Waals surface area contributed by atoms with Gasteiger partial charge in [0.25, 0.3) is 5.56 Å². The molecule has 4 nitrogen and oxygen atoms in total. The van der Waals surface area contributed by atoms with Crippen molar-refractivity contribution in [3.8, 4) is 11.3 Å². The van der Waals surface area contributed by atoms with Crippen LogP contribution in [0.25, 0.3) is 22.4 Å². The summed E-state index contributed by atoms with van der Waals surface area (Å²) in [5, 5.41) is 0. The van der Waals surface area contributed by atoms with E-state index in [0.717, 1.165) is 25.0 Å². The van der Waals surface area contributed by atoms with Crippen LogP contribution in [0.1, 0.15) is 24.4 Å². The summed E-state index contributed by atoms with van der Waals surface area (Å²) >= 11 is 0. The average Bonchev–Trinajstić information content (AvgIpc) is 3.38. The SMILES string of the molecule is O=c1c(-c2cccc(C(F)(F)F)c2)nc2cccnc2n1C1CC1. The molecule has 3 aromatic rings. The quantitative estimate of drug-likeness (QED) is 0.717. The standard InChI is InChI=1S/C17H12F3N3O/c18-17(19,20)11-4-1-3-10(9-11)14-16(24)23(12-6-7-12)15-13(22-14)5-2-8-21-15/h1-5,8-9,12H,6-7H2. The van der Waals surface area contributed by atoms with E-state index in [4.69, 9.17) is 0 Å². The number of alkyl halides is 3. The van der Waals surface area contributed by atoms with Gasteiger partial charge in [0.2, 0.25) is 0 Å². The molecule has 0 amide bonds. The number of fused-ring (bicyclic) bond motifs is 1. The monoisotopic (exact) mass is 331 g/mol. The number of benzene rings is 1. The average molecular weight is 331 g/mol. The van der Waals surface area contributed by atoms with E-state index in [0.29, 0.717) is 11.2 Å². The molecule has 24 heavy (non-hydrogen) atoms. The summed E-state index contributed by atoms with van der Waals surface area (Å²) in [6, 6.07) is 8.13. The minimum atomic E-state index is -4.47. The van der Waals surface area contributed by atoms with Gasteiger partial charge in [-0.15, -0.1) is 0 Å². The molecule has 0 unspecified atom stereocenters. The second kappa shape index (κ2) is 5.15. The van der Waals surface area contributed by atoms with Crippen molar-refractivity contribution in [2.45, 2.75) is 25.1 Å². The molecular formula is C17H12F3N3O. The lowest BCUT2D eigenvalue weighted by atomic mass is 10.1. The molecule has 0 atom stereocenters. The molecule has 1 fully saturated rings. The zero-order valence-electron chi connectivity index (χ0n) is 12.4. The highest BCUT2D eigenvalue weighted by Gasteiger charge is 2.32. The molecule has 2 aromatic heterocycles. The first kappa shape index (κ1) is 14.9. The van der Waals surface area contributed by atoms with E-state index in [2.05, 4.69) is 9.97 Å². The highest BCUT2D eigenvalue weighted by molar-refractivity contribution is 5.74. The van der Waals surface area contributed by atoms with Gasteiger partial charge in [0.1, 0.15) is 11.2 Å². The first-order valence-corrected chi connectivity index (χ1v) is 7.50. The summed E-state index contributed by atoms with van der Waals surface area (Å²) in [5.41, 5.74) is -0.0471. The summed E-state index contributed by atoms with van der Waals surface area (Å²) in [6.45, 7) is 0. The molecule has 122 valence electrons. The van der Waals surface area contributed by atoms with Crippen molar-refractivity contribution in [1.29, 1.82) is 0 Å². The molecule has 0 spiro atoms. The lowest BCUT2D eigenvalue weighted by Crippen LogP contribution is -2.23. The maximum Gasteiger partial charge on any atom is 0.416 e. The van der Waals surface area contributed by atoms with E-state index in [1.807, 2.05) is 0 Å². The van der Waals surface area contributed by atoms with Crippen LogP contribution < -0.4 is 5.56 Å². The second-order valence-electron chi connectivity index (χ2n) is 5.79. The molecule has 0 bridgehead atoms. The molecule has 1 aliphatic rings. The van der Waals surface area contributed by atoms with Crippen molar-refractivity contribution in [1.82, 2.24) is 14.5 Å². The Morgan fingerprint density at radius 3 is 2.62 bits per heavy atom. The Bertz CT molecular complexity index is 990. The number of aromatic nitrogens is 3. The lowest BCUT2D eigenvalue weighted by Gasteiger charge is -2.12. The third kappa shape index (κ3) is 2.46. The van der Waals surface area contributed by atoms with Crippen LogP contribution in [0, 0.1) is 0 Å². The molecule has 2 heterocycles. The van der Waals surface area contributed by atoms with E-state index < -0.39 is 17.3 Å². The summed E-state index contributed by atoms with van der Waals surface area (Å²) in [5.74, 6) is 0. The number of nitrogens with zero attached hydrogens (tertiary/aromatic N) is 3. The predicted octanol–water partition coefficient (Wildman–Crippen LogP) is 3.81. The minimum Gasteiger partial charge on any atom is -0.286 e. The maximum atomic E-state index is 12.9. The number of hydrogen-bond acceptors (Lipinski definition) is 3. The highest BCUT2D eigenvalue weighted by atomic mass is 19.4. The fourth-order valence-electron chi connectivity index (χ4n) is 2.74. The lowest BCUT2D eigenvalue weighted by molar-refractivity contribution is -0.137. The Labute approximate surface area is 134 Å². The molecule has 4 rings (SSSR count). The Morgan fingerprint density at radius 2 is 1.92 bits per heavy atom. The van der Waals surface area contributed by atoms with Gasteiger partial charge in [-0.2, -0.15) is 13.2 Å². The fraction of sp³-hybridized carbons (Fsp3) is 0.235. The molecule has 0 radical (unpaired) electrons. The predicted molar refractivity (Wildman–Crippen MR) is 82.5 cm³/mol. The number of hydrogen-bond donors (Lipinski definition) is 0. The van der Waals surface area contributed by atoms with Gasteiger partial charge in [0, 0.05) is 17.8 Å². The van der Waals surface area contributed by atoms with Crippen molar-refractivity contribution in [2.24, 2.45) is 0 Å². The van der Waals surface area contributed by atoms with Crippen LogP contribution in [0.4, 0.5) is 13.2 Å². The number of halogens is 3. The fourth-order valence-corrected chi connectivity index (χ4v) is 2.74. The first-order valence-electron chi connectivity index (χ1n) is 7.50. The first-order chi connectivity index (χ1) is 11.4. The van der Waals surface area contributed by atoms with Gasteiger partial charge in [-0.3, -0.25) is 9.36 Å². The van der Waals surface area contributed by atoms with E-state index in [9.17, 15) is 18.0 Å². The molecule has 7 heteroatoms. The van der Waals surface area contributed by atoms with Gasteiger partial charge in [-0.05, 0) is 37.1 Å². The van der Waals surface area contributed by atoms with Crippen molar-refractivity contribution in [2.75, 3.05) is 0 Å². The van der Waals surface area contributed by atoms with Crippen LogP contribution in [0.2, 0.25) is 0 Å². The van der Waals surface area contributed by atoms with Crippen LogP contribution >= 0.6 is 0 Å². The number of pyridine rings is 1. The Kier molecular flexibility index (Phi) is 3.19. The van der Waals surface area contributed by atoms with Gasteiger partial charge in [-0.1, -0.05) is 12.1 Å². The van der Waals surface area contributed by atoms with Crippen molar-refractivity contribution in [3.63, 3.8) is 0 Å². The van der Waals surface area contributed by atoms with Gasteiger partial charge in [-0.25, -0.2) is 9.97 Å². The van der Waals surface area contributed by atoms with E-state index >= 15 is 0 Å². The largest absolute Gasteiger partial charge is 0.416 e. The van der Waals surface area contributed by atoms with E-state index in [1.165, 1.54) is 12.1 Å². The minimum absolute atomic E-state index is 0.0218. The maximum absolute atomic E-state index is 12.9. The smallest absolute Gasteiger partial charge is 0.286 e. The highest BCUT2D eigenvalue weighted by Crippen LogP contribution is 2.36. The number of rotatable bonds is 2. The third-order valence-electron chi connectivity index (χ3n) is 4.02. The van der Waals surface area contributed by atoms with Crippen molar-refractivity contribution < 1.29 is 13.2 Å². The summed E-state index contributed by atoms with van der Waals surface area (Å²) < 4.78 is 40.4. The third-order valence-corrected chi connectivity index (χ3v) is 4.02. The van der Waals surface area contributed by atoms with Gasteiger partial charge in [0.05, 0.1) is 5.56 Å². The second-order valence-corrected chi connectivity index (χ2v) is 5.79. The molecular weight excluding hydrogens is 319 g/mol. The zero-order chi connectivity index (χ0) is 16.9. The molecule has 0 N–H and O–H groups in total.